The van der Waals surface area contributed by atoms with E-state index in [1.807, 2.05) is 41.8 Å². The second-order valence-corrected chi connectivity index (χ2v) is 5.98. The topological polar surface area (TPSA) is 86.0 Å². The fraction of sp³-hybridized carbons (Fsp3) is 0. The van der Waals surface area contributed by atoms with Crippen molar-refractivity contribution in [2.45, 2.75) is 0 Å². The Balaban J connectivity index is 1.76. The minimum atomic E-state index is -0.524. The second kappa shape index (κ2) is 7.43. The van der Waals surface area contributed by atoms with Gasteiger partial charge in [-0.25, -0.2) is 4.98 Å². The van der Waals surface area contributed by atoms with Crippen molar-refractivity contribution in [3.05, 3.63) is 71.1 Å². The van der Waals surface area contributed by atoms with Crippen molar-refractivity contribution in [2.75, 3.05) is 5.32 Å². The van der Waals surface area contributed by atoms with Crippen molar-refractivity contribution in [2.24, 2.45) is 0 Å². The summed E-state index contributed by atoms with van der Waals surface area (Å²) in [5, 5.41) is 23.4. The Morgan fingerprint density at radius 2 is 1.88 bits per heavy atom. The third-order valence-electron chi connectivity index (χ3n) is 3.36. The molecule has 1 amide bonds. The van der Waals surface area contributed by atoms with Gasteiger partial charge in [0, 0.05) is 10.9 Å². The van der Waals surface area contributed by atoms with Crippen molar-refractivity contribution in [1.82, 2.24) is 4.98 Å². The molecule has 0 bridgehead atoms. The molecule has 0 radical (unpaired) electrons. The standard InChI is InChI=1S/C19H13N3O2S/c20-11-15(10-13-6-8-16(23)9-7-13)18(24)22-19-21-17(12-25-19)14-4-2-1-3-5-14/h1-10,12,23H,(H,21,22,24)/b15-10+. The maximum atomic E-state index is 12.3. The van der Waals surface area contributed by atoms with Crippen molar-refractivity contribution < 1.29 is 9.90 Å². The van der Waals surface area contributed by atoms with Crippen LogP contribution in [0, 0.1) is 11.3 Å². The number of thiazole rings is 1. The highest BCUT2D eigenvalue weighted by molar-refractivity contribution is 7.14. The molecule has 122 valence electrons. The SMILES string of the molecule is N#C/C(=C\c1ccc(O)cc1)C(=O)Nc1nc(-c2ccccc2)cs1. The normalized spacial score (nSPS) is 10.9. The first kappa shape index (κ1) is 16.4. The van der Waals surface area contributed by atoms with E-state index in [1.54, 1.807) is 12.1 Å². The largest absolute Gasteiger partial charge is 0.508 e. The third kappa shape index (κ3) is 4.10. The molecule has 25 heavy (non-hydrogen) atoms. The van der Waals surface area contributed by atoms with Gasteiger partial charge < -0.3 is 5.11 Å². The monoisotopic (exact) mass is 347 g/mol. The molecule has 1 aromatic heterocycles. The van der Waals surface area contributed by atoms with Crippen LogP contribution in [0.25, 0.3) is 17.3 Å². The number of nitrogens with zero attached hydrogens (tertiary/aromatic N) is 2. The summed E-state index contributed by atoms with van der Waals surface area (Å²) in [6.07, 6.45) is 1.46. The predicted molar refractivity (Wildman–Crippen MR) is 97.9 cm³/mol. The molecule has 3 aromatic rings. The first-order valence-electron chi connectivity index (χ1n) is 7.39. The molecule has 0 saturated heterocycles. The number of amides is 1. The minimum absolute atomic E-state index is 0.0397. The molecule has 0 spiro atoms. The highest BCUT2D eigenvalue weighted by Gasteiger charge is 2.12. The molecule has 0 unspecified atom stereocenters. The molecule has 0 aliphatic heterocycles. The Labute approximate surface area is 148 Å². The Bertz CT molecular complexity index is 954. The van der Waals surface area contributed by atoms with Gasteiger partial charge in [0.25, 0.3) is 5.91 Å². The van der Waals surface area contributed by atoms with E-state index in [2.05, 4.69) is 10.3 Å². The molecule has 6 heteroatoms. The van der Waals surface area contributed by atoms with E-state index in [9.17, 15) is 15.2 Å². The maximum Gasteiger partial charge on any atom is 0.268 e. The first-order valence-corrected chi connectivity index (χ1v) is 8.27. The van der Waals surface area contributed by atoms with Gasteiger partial charge in [-0.2, -0.15) is 5.26 Å². The predicted octanol–water partition coefficient (Wildman–Crippen LogP) is 4.06. The number of nitriles is 1. The Morgan fingerprint density at radius 3 is 2.56 bits per heavy atom. The number of phenols is 1. The zero-order chi connectivity index (χ0) is 17.6. The molecule has 2 aromatic carbocycles. The van der Waals surface area contributed by atoms with Gasteiger partial charge in [0.1, 0.15) is 17.4 Å². The molecule has 0 saturated carbocycles. The summed E-state index contributed by atoms with van der Waals surface area (Å²) in [5.74, 6) is -0.402. The van der Waals surface area contributed by atoms with Gasteiger partial charge in [-0.1, -0.05) is 42.5 Å². The highest BCUT2D eigenvalue weighted by Crippen LogP contribution is 2.25. The van der Waals surface area contributed by atoms with Gasteiger partial charge in [0.15, 0.2) is 5.13 Å². The lowest BCUT2D eigenvalue weighted by Crippen LogP contribution is -2.13. The molecule has 0 atom stereocenters. The van der Waals surface area contributed by atoms with E-state index in [1.165, 1.54) is 29.5 Å². The van der Waals surface area contributed by atoms with E-state index in [0.717, 1.165) is 11.3 Å². The summed E-state index contributed by atoms with van der Waals surface area (Å²) in [6, 6.07) is 17.7. The Hall–Kier alpha value is -3.43. The van der Waals surface area contributed by atoms with Gasteiger partial charge in [0.2, 0.25) is 0 Å². The molecule has 0 aliphatic carbocycles. The number of hydrogen-bond acceptors (Lipinski definition) is 5. The van der Waals surface area contributed by atoms with Crippen LogP contribution >= 0.6 is 11.3 Å². The average molecular weight is 347 g/mol. The molecule has 5 nitrogen and oxygen atoms in total. The number of aromatic nitrogens is 1. The number of phenolic OH excluding ortho intramolecular Hbond substituents is 1. The van der Waals surface area contributed by atoms with Crippen LogP contribution in [0.2, 0.25) is 0 Å². The minimum Gasteiger partial charge on any atom is -0.508 e. The highest BCUT2D eigenvalue weighted by atomic mass is 32.1. The van der Waals surface area contributed by atoms with Crippen LogP contribution in [0.15, 0.2) is 65.6 Å². The molecule has 0 aliphatic rings. The number of carbonyl (C=O) groups is 1. The van der Waals surface area contributed by atoms with Gasteiger partial charge in [-0.15, -0.1) is 11.3 Å². The van der Waals surface area contributed by atoms with Crippen molar-refractivity contribution in [3.63, 3.8) is 0 Å². The van der Waals surface area contributed by atoms with Crippen LogP contribution < -0.4 is 5.32 Å². The third-order valence-corrected chi connectivity index (χ3v) is 4.12. The first-order chi connectivity index (χ1) is 12.2. The summed E-state index contributed by atoms with van der Waals surface area (Å²) in [5.41, 5.74) is 2.33. The van der Waals surface area contributed by atoms with Gasteiger partial charge in [-0.05, 0) is 23.8 Å². The number of carbonyl (C=O) groups excluding carboxylic acids is 1. The summed E-state index contributed by atoms with van der Waals surface area (Å²) >= 11 is 1.30. The Kier molecular flexibility index (Phi) is 4.88. The fourth-order valence-electron chi connectivity index (χ4n) is 2.12. The summed E-state index contributed by atoms with van der Waals surface area (Å²) in [7, 11) is 0. The van der Waals surface area contributed by atoms with Crippen molar-refractivity contribution >= 4 is 28.5 Å². The van der Waals surface area contributed by atoms with Crippen LogP contribution in [0.3, 0.4) is 0 Å². The van der Waals surface area contributed by atoms with Crippen molar-refractivity contribution in [1.29, 1.82) is 5.26 Å². The molecule has 0 fully saturated rings. The Morgan fingerprint density at radius 1 is 1.16 bits per heavy atom. The second-order valence-electron chi connectivity index (χ2n) is 5.12. The van der Waals surface area contributed by atoms with E-state index < -0.39 is 5.91 Å². The summed E-state index contributed by atoms with van der Waals surface area (Å²) in [4.78, 5) is 16.6. The molecule has 2 N–H and O–H groups in total. The van der Waals surface area contributed by atoms with E-state index in [-0.39, 0.29) is 11.3 Å². The number of aromatic hydroxyl groups is 1. The van der Waals surface area contributed by atoms with E-state index in [0.29, 0.717) is 10.7 Å². The number of anilines is 1. The van der Waals surface area contributed by atoms with Crippen LogP contribution in [0.4, 0.5) is 5.13 Å². The maximum absolute atomic E-state index is 12.3. The molecule has 3 rings (SSSR count). The molecule has 1 heterocycles. The van der Waals surface area contributed by atoms with Crippen LogP contribution in [0.5, 0.6) is 5.75 Å². The van der Waals surface area contributed by atoms with Gasteiger partial charge in [-0.3, -0.25) is 10.1 Å². The zero-order valence-electron chi connectivity index (χ0n) is 13.0. The molecular formula is C19H13N3O2S. The lowest BCUT2D eigenvalue weighted by Gasteiger charge is -2.01. The number of nitrogens with one attached hydrogen (secondary N) is 1. The number of hydrogen-bond donors (Lipinski definition) is 2. The van der Waals surface area contributed by atoms with Gasteiger partial charge >= 0.3 is 0 Å². The van der Waals surface area contributed by atoms with Crippen LogP contribution in [-0.4, -0.2) is 16.0 Å². The van der Waals surface area contributed by atoms with E-state index in [4.69, 9.17) is 0 Å². The van der Waals surface area contributed by atoms with Crippen LogP contribution in [-0.2, 0) is 4.79 Å². The molecular weight excluding hydrogens is 334 g/mol. The number of benzene rings is 2. The average Bonchev–Trinajstić information content (AvgIpc) is 3.10. The van der Waals surface area contributed by atoms with Gasteiger partial charge in [0.05, 0.1) is 5.69 Å². The summed E-state index contributed by atoms with van der Waals surface area (Å²) < 4.78 is 0. The fourth-order valence-corrected chi connectivity index (χ4v) is 2.84. The lowest BCUT2D eigenvalue weighted by molar-refractivity contribution is -0.112. The smallest absolute Gasteiger partial charge is 0.268 e. The quantitative estimate of drug-likeness (QED) is 0.550. The van der Waals surface area contributed by atoms with Crippen molar-refractivity contribution in [3.8, 4) is 23.1 Å². The summed E-state index contributed by atoms with van der Waals surface area (Å²) in [6.45, 7) is 0. The lowest BCUT2D eigenvalue weighted by atomic mass is 10.1. The zero-order valence-corrected chi connectivity index (χ0v) is 13.8. The van der Waals surface area contributed by atoms with Crippen LogP contribution in [0.1, 0.15) is 5.56 Å². The number of rotatable bonds is 4. The van der Waals surface area contributed by atoms with E-state index >= 15 is 0 Å².